The Kier molecular flexibility index (Phi) is 2.53. The van der Waals surface area contributed by atoms with E-state index in [4.69, 9.17) is 5.73 Å². The minimum absolute atomic E-state index is 0. The molecule has 1 aromatic heterocycles. The summed E-state index contributed by atoms with van der Waals surface area (Å²) in [7, 11) is 0. The van der Waals surface area contributed by atoms with Crippen molar-refractivity contribution in [2.45, 2.75) is 0 Å². The quantitative estimate of drug-likeness (QED) is 0.688. The van der Waals surface area contributed by atoms with Crippen molar-refractivity contribution in [3.05, 3.63) is 30.5 Å². The summed E-state index contributed by atoms with van der Waals surface area (Å²) in [4.78, 5) is 10.8. The molecule has 2 aromatic rings. The Hall–Kier alpha value is -1.55. The summed E-state index contributed by atoms with van der Waals surface area (Å²) in [5, 5.41) is 4.67. The second kappa shape index (κ2) is 3.45. The highest BCUT2D eigenvalue weighted by Gasteiger charge is 2.04. The van der Waals surface area contributed by atoms with E-state index in [0.29, 0.717) is 5.52 Å². The van der Waals surface area contributed by atoms with E-state index in [1.165, 1.54) is 0 Å². The van der Waals surface area contributed by atoms with Crippen molar-refractivity contribution in [3.63, 3.8) is 0 Å². The molecule has 4 nitrogen and oxygen atoms in total. The van der Waals surface area contributed by atoms with E-state index < -0.39 is 6.03 Å². The van der Waals surface area contributed by atoms with Crippen LogP contribution >= 0.6 is 12.4 Å². The van der Waals surface area contributed by atoms with Gasteiger partial charge in [-0.15, -0.1) is 12.4 Å². The van der Waals surface area contributed by atoms with Gasteiger partial charge in [-0.1, -0.05) is 6.07 Å². The summed E-state index contributed by atoms with van der Waals surface area (Å²) in [6.45, 7) is 0. The van der Waals surface area contributed by atoms with Gasteiger partial charge in [0, 0.05) is 5.39 Å². The zero-order valence-corrected chi connectivity index (χ0v) is 7.41. The molecule has 0 saturated carbocycles. The highest BCUT2D eigenvalue weighted by atomic mass is 35.5. The normalized spacial score (nSPS) is 9.54. The Morgan fingerprint density at radius 3 is 3.08 bits per heavy atom. The summed E-state index contributed by atoms with van der Waals surface area (Å²) < 4.78 is 1.16. The first-order chi connectivity index (χ1) is 5.79. The molecule has 67 valence electrons. The Bertz CT molecular complexity index is 438. The zero-order chi connectivity index (χ0) is 8.55. The monoisotopic (exact) mass is 196 g/mol. The number of carbonyl (C=O) groups excluding carboxylic acids is 1. The number of hydrogen-bond acceptors (Lipinski definition) is 2. The lowest BCUT2D eigenvalue weighted by atomic mass is 10.3. The van der Waals surface area contributed by atoms with E-state index in [-0.39, 0.29) is 12.4 Å². The molecule has 1 radical (unpaired) electrons. The second-order valence-corrected chi connectivity index (χ2v) is 2.38. The largest absolute Gasteiger partial charge is 0.350 e. The van der Waals surface area contributed by atoms with Crippen molar-refractivity contribution in [1.29, 1.82) is 0 Å². The van der Waals surface area contributed by atoms with Crippen LogP contribution in [0.3, 0.4) is 0 Å². The van der Waals surface area contributed by atoms with E-state index in [1.807, 2.05) is 0 Å². The minimum Gasteiger partial charge on any atom is -0.350 e. The van der Waals surface area contributed by atoms with Gasteiger partial charge >= 0.3 is 6.03 Å². The number of amides is 1. The molecule has 0 aliphatic heterocycles. The number of nitrogens with zero attached hydrogens (tertiary/aromatic N) is 2. The van der Waals surface area contributed by atoms with Gasteiger partial charge in [-0.05, 0) is 18.2 Å². The predicted octanol–water partition coefficient (Wildman–Crippen LogP) is 1.19. The number of benzene rings is 1. The minimum atomic E-state index is -0.573. The topological polar surface area (TPSA) is 60.9 Å². The number of aromatic nitrogens is 2. The fraction of sp³-hybridized carbons (Fsp3) is 0. The Balaban J connectivity index is 0.000000845. The number of nitrogens with two attached hydrogens (primary N) is 1. The lowest BCUT2D eigenvalue weighted by molar-refractivity contribution is 0.248. The number of hydrogen-bond donors (Lipinski definition) is 1. The highest BCUT2D eigenvalue weighted by Crippen LogP contribution is 2.10. The molecule has 1 heterocycles. The highest BCUT2D eigenvalue weighted by molar-refractivity contribution is 5.88. The van der Waals surface area contributed by atoms with Crippen LogP contribution in [0.15, 0.2) is 24.4 Å². The predicted molar refractivity (Wildman–Crippen MR) is 50.8 cm³/mol. The number of halogens is 1. The van der Waals surface area contributed by atoms with Gasteiger partial charge < -0.3 is 5.73 Å². The van der Waals surface area contributed by atoms with Crippen LogP contribution in [0, 0.1) is 6.07 Å². The van der Waals surface area contributed by atoms with Crippen LogP contribution in [0.25, 0.3) is 10.9 Å². The molecule has 0 bridgehead atoms. The van der Waals surface area contributed by atoms with Gasteiger partial charge in [-0.2, -0.15) is 9.78 Å². The Morgan fingerprint density at radius 2 is 2.38 bits per heavy atom. The second-order valence-electron chi connectivity index (χ2n) is 2.38. The lowest BCUT2D eigenvalue weighted by Gasteiger charge is -1.94. The van der Waals surface area contributed by atoms with Gasteiger partial charge in [-0.25, -0.2) is 4.79 Å². The van der Waals surface area contributed by atoms with Gasteiger partial charge in [0.2, 0.25) is 0 Å². The first kappa shape index (κ1) is 9.54. The molecule has 2 N–H and O–H groups in total. The van der Waals surface area contributed by atoms with Gasteiger partial charge in [0.25, 0.3) is 0 Å². The van der Waals surface area contributed by atoms with E-state index in [9.17, 15) is 4.79 Å². The van der Waals surface area contributed by atoms with E-state index in [0.717, 1.165) is 10.1 Å². The number of rotatable bonds is 0. The maximum Gasteiger partial charge on any atom is 0.340 e. The van der Waals surface area contributed by atoms with Crippen molar-refractivity contribution in [1.82, 2.24) is 9.78 Å². The summed E-state index contributed by atoms with van der Waals surface area (Å²) in [5.74, 6) is 0. The summed E-state index contributed by atoms with van der Waals surface area (Å²) in [5.41, 5.74) is 5.79. The average molecular weight is 197 g/mol. The molecular weight excluding hydrogens is 190 g/mol. The van der Waals surface area contributed by atoms with Crippen molar-refractivity contribution in [2.75, 3.05) is 0 Å². The van der Waals surface area contributed by atoms with E-state index in [2.05, 4.69) is 11.2 Å². The summed E-state index contributed by atoms with van der Waals surface area (Å²) >= 11 is 0. The van der Waals surface area contributed by atoms with Crippen LogP contribution in [0.4, 0.5) is 4.79 Å². The molecule has 0 saturated heterocycles. The first-order valence-corrected chi connectivity index (χ1v) is 3.42. The average Bonchev–Trinajstić information content (AvgIpc) is 2.47. The summed E-state index contributed by atoms with van der Waals surface area (Å²) in [6.07, 6.45) is 1.58. The van der Waals surface area contributed by atoms with Crippen molar-refractivity contribution in [3.8, 4) is 0 Å². The van der Waals surface area contributed by atoms with Crippen LogP contribution in [0.2, 0.25) is 0 Å². The summed E-state index contributed by atoms with van der Waals surface area (Å²) in [6, 6.07) is 7.52. The molecule has 0 aliphatic carbocycles. The standard InChI is InChI=1S/C8H6N3O.ClH/c9-8(12)11-7-4-2-1-3-6(7)5-10-11;/h2-5H,(H2,9,12);1H. The number of primary amides is 1. The molecule has 0 unspecified atom stereocenters. The zero-order valence-electron chi connectivity index (χ0n) is 6.60. The maximum absolute atomic E-state index is 10.8. The van der Waals surface area contributed by atoms with E-state index in [1.54, 1.807) is 24.4 Å². The Morgan fingerprint density at radius 1 is 1.62 bits per heavy atom. The molecule has 5 heteroatoms. The molecule has 2 rings (SSSR count). The maximum atomic E-state index is 10.8. The third kappa shape index (κ3) is 1.48. The molecule has 1 amide bonds. The van der Waals surface area contributed by atoms with Crippen molar-refractivity contribution in [2.24, 2.45) is 5.73 Å². The number of carbonyl (C=O) groups is 1. The molecule has 13 heavy (non-hydrogen) atoms. The fourth-order valence-corrected chi connectivity index (χ4v) is 1.09. The molecular formula is C8H7ClN3O. The molecule has 0 aliphatic rings. The van der Waals surface area contributed by atoms with Gasteiger partial charge in [0.1, 0.15) is 0 Å². The SMILES string of the molecule is Cl.NC(=O)n1ncc2c[c]ccc21. The van der Waals surface area contributed by atoms with Crippen LogP contribution in [0.5, 0.6) is 0 Å². The third-order valence-corrected chi connectivity index (χ3v) is 1.62. The third-order valence-electron chi connectivity index (χ3n) is 1.62. The van der Waals surface area contributed by atoms with Crippen LogP contribution in [-0.4, -0.2) is 15.8 Å². The lowest BCUT2D eigenvalue weighted by Crippen LogP contribution is -2.20. The van der Waals surface area contributed by atoms with Gasteiger partial charge in [0.15, 0.2) is 0 Å². The van der Waals surface area contributed by atoms with Crippen LogP contribution in [0.1, 0.15) is 0 Å². The smallest absolute Gasteiger partial charge is 0.340 e. The molecule has 0 atom stereocenters. The fourth-order valence-electron chi connectivity index (χ4n) is 1.09. The van der Waals surface area contributed by atoms with Gasteiger partial charge in [0.05, 0.1) is 11.7 Å². The van der Waals surface area contributed by atoms with Crippen LogP contribution in [-0.2, 0) is 0 Å². The van der Waals surface area contributed by atoms with Crippen molar-refractivity contribution < 1.29 is 4.79 Å². The molecule has 1 aromatic carbocycles. The van der Waals surface area contributed by atoms with Crippen LogP contribution < -0.4 is 5.73 Å². The number of fused-ring (bicyclic) bond motifs is 1. The van der Waals surface area contributed by atoms with Crippen molar-refractivity contribution >= 4 is 29.3 Å². The first-order valence-electron chi connectivity index (χ1n) is 3.42. The Labute approximate surface area is 80.7 Å². The molecule has 0 fully saturated rings. The molecule has 0 spiro atoms. The van der Waals surface area contributed by atoms with Gasteiger partial charge in [-0.3, -0.25) is 0 Å². The van der Waals surface area contributed by atoms with E-state index >= 15 is 0 Å².